The van der Waals surface area contributed by atoms with Crippen LogP contribution in [0.4, 0.5) is 5.00 Å². The van der Waals surface area contributed by atoms with E-state index in [4.69, 9.17) is 9.84 Å². The molecule has 7 nitrogen and oxygen atoms in total. The van der Waals surface area contributed by atoms with E-state index in [1.54, 1.807) is 6.92 Å². The molecule has 3 rings (SSSR count). The lowest BCUT2D eigenvalue weighted by Gasteiger charge is -2.33. The van der Waals surface area contributed by atoms with Crippen LogP contribution in [-0.2, 0) is 9.53 Å². The Hall–Kier alpha value is -2.26. The number of piperazine rings is 1. The monoisotopic (exact) mass is 417 g/mol. The number of hydrogen-bond acceptors (Lipinski definition) is 7. The number of β-amino-alcohol motifs (C(OH)–C–C–N with tert-alkyl or cyclic N) is 1. The summed E-state index contributed by atoms with van der Waals surface area (Å²) in [6.07, 6.45) is 0. The molecule has 1 amide bonds. The maximum absolute atomic E-state index is 12.6. The fourth-order valence-electron chi connectivity index (χ4n) is 3.37. The molecule has 1 fully saturated rings. The Bertz CT molecular complexity index is 817. The minimum atomic E-state index is -0.430. The average molecular weight is 418 g/mol. The maximum Gasteiger partial charge on any atom is 0.341 e. The van der Waals surface area contributed by atoms with E-state index in [1.807, 2.05) is 35.7 Å². The molecule has 0 radical (unpaired) electrons. The third kappa shape index (κ3) is 5.63. The zero-order valence-corrected chi connectivity index (χ0v) is 17.4. The van der Waals surface area contributed by atoms with E-state index in [0.29, 0.717) is 17.1 Å². The Morgan fingerprint density at radius 1 is 1.14 bits per heavy atom. The molecular formula is C21H27N3O4S. The molecular weight excluding hydrogens is 390 g/mol. The lowest BCUT2D eigenvalue weighted by atomic mass is 10.0. The van der Waals surface area contributed by atoms with Crippen molar-refractivity contribution in [1.82, 2.24) is 9.80 Å². The topological polar surface area (TPSA) is 82.1 Å². The Morgan fingerprint density at radius 2 is 1.83 bits per heavy atom. The smallest absolute Gasteiger partial charge is 0.341 e. The third-order valence-electron chi connectivity index (χ3n) is 4.86. The number of carbonyl (C=O) groups is 2. The van der Waals surface area contributed by atoms with Crippen molar-refractivity contribution < 1.29 is 19.4 Å². The van der Waals surface area contributed by atoms with E-state index < -0.39 is 5.97 Å². The first-order valence-corrected chi connectivity index (χ1v) is 10.7. The number of carbonyl (C=O) groups excluding carboxylic acids is 2. The fraction of sp³-hybridized carbons (Fsp3) is 0.429. The number of thiophene rings is 1. The van der Waals surface area contributed by atoms with Gasteiger partial charge in [0.15, 0.2) is 0 Å². The molecule has 0 bridgehead atoms. The van der Waals surface area contributed by atoms with E-state index >= 15 is 0 Å². The predicted octanol–water partition coefficient (Wildman–Crippen LogP) is 2.14. The molecule has 29 heavy (non-hydrogen) atoms. The zero-order valence-electron chi connectivity index (χ0n) is 16.6. The Balaban J connectivity index is 1.69. The van der Waals surface area contributed by atoms with Crippen LogP contribution in [0.15, 0.2) is 35.7 Å². The Morgan fingerprint density at radius 3 is 2.48 bits per heavy atom. The number of amides is 1. The number of benzene rings is 1. The van der Waals surface area contributed by atoms with Gasteiger partial charge in [-0.15, -0.1) is 11.3 Å². The summed E-state index contributed by atoms with van der Waals surface area (Å²) in [5.41, 5.74) is 2.08. The highest BCUT2D eigenvalue weighted by molar-refractivity contribution is 7.15. The van der Waals surface area contributed by atoms with E-state index in [0.717, 1.165) is 37.3 Å². The van der Waals surface area contributed by atoms with Crippen LogP contribution in [0.5, 0.6) is 0 Å². The van der Waals surface area contributed by atoms with Crippen LogP contribution in [0.25, 0.3) is 11.1 Å². The van der Waals surface area contributed by atoms with Crippen LogP contribution in [0, 0.1) is 0 Å². The number of hydrogen-bond donors (Lipinski definition) is 2. The minimum Gasteiger partial charge on any atom is -0.462 e. The van der Waals surface area contributed by atoms with Gasteiger partial charge < -0.3 is 15.2 Å². The second-order valence-electron chi connectivity index (χ2n) is 6.83. The predicted molar refractivity (Wildman–Crippen MR) is 114 cm³/mol. The molecule has 0 atom stereocenters. The lowest BCUT2D eigenvalue weighted by molar-refractivity contribution is -0.117. The summed E-state index contributed by atoms with van der Waals surface area (Å²) >= 11 is 1.34. The van der Waals surface area contributed by atoms with Gasteiger partial charge in [0.05, 0.1) is 19.8 Å². The van der Waals surface area contributed by atoms with Crippen molar-refractivity contribution in [3.05, 3.63) is 41.3 Å². The SMILES string of the molecule is CCOC(=O)c1c(-c2ccccc2)csc1NC(=O)CN1CCN(CCO)CC1. The number of rotatable bonds is 8. The van der Waals surface area contributed by atoms with Gasteiger partial charge >= 0.3 is 5.97 Å². The summed E-state index contributed by atoms with van der Waals surface area (Å²) in [5.74, 6) is -0.576. The molecule has 0 aliphatic carbocycles. The molecule has 0 spiro atoms. The van der Waals surface area contributed by atoms with Crippen molar-refractivity contribution in [3.63, 3.8) is 0 Å². The van der Waals surface area contributed by atoms with Crippen LogP contribution >= 0.6 is 11.3 Å². The van der Waals surface area contributed by atoms with Crippen LogP contribution in [-0.4, -0.2) is 79.3 Å². The van der Waals surface area contributed by atoms with Crippen molar-refractivity contribution in [1.29, 1.82) is 0 Å². The molecule has 1 aromatic carbocycles. The first kappa shape index (κ1) is 21.4. The number of aliphatic hydroxyl groups excluding tert-OH is 1. The highest BCUT2D eigenvalue weighted by Gasteiger charge is 2.24. The van der Waals surface area contributed by atoms with Crippen molar-refractivity contribution >= 4 is 28.2 Å². The zero-order chi connectivity index (χ0) is 20.6. The molecule has 2 N–H and O–H groups in total. The van der Waals surface area contributed by atoms with Gasteiger partial charge in [-0.05, 0) is 12.5 Å². The van der Waals surface area contributed by atoms with Gasteiger partial charge in [0, 0.05) is 43.7 Å². The molecule has 2 heterocycles. The summed E-state index contributed by atoms with van der Waals surface area (Å²) < 4.78 is 5.24. The summed E-state index contributed by atoms with van der Waals surface area (Å²) in [4.78, 5) is 29.5. The largest absolute Gasteiger partial charge is 0.462 e. The quantitative estimate of drug-likeness (QED) is 0.641. The second kappa shape index (κ2) is 10.5. The van der Waals surface area contributed by atoms with Crippen LogP contribution in [0.3, 0.4) is 0 Å². The van der Waals surface area contributed by atoms with Crippen molar-refractivity contribution in [3.8, 4) is 11.1 Å². The number of nitrogens with one attached hydrogen (secondary N) is 1. The molecule has 156 valence electrons. The van der Waals surface area contributed by atoms with Gasteiger partial charge in [0.2, 0.25) is 5.91 Å². The number of aliphatic hydroxyl groups is 1. The van der Waals surface area contributed by atoms with Gasteiger partial charge in [-0.3, -0.25) is 14.6 Å². The standard InChI is InChI=1S/C21H27N3O4S/c1-2-28-21(27)19-17(16-6-4-3-5-7-16)15-29-20(19)22-18(26)14-24-10-8-23(9-11-24)12-13-25/h3-7,15,25H,2,8-14H2,1H3,(H,22,26). The number of ether oxygens (including phenoxy) is 1. The number of esters is 1. The van der Waals surface area contributed by atoms with Gasteiger partial charge in [0.25, 0.3) is 0 Å². The Labute approximate surface area is 174 Å². The molecule has 8 heteroatoms. The summed E-state index contributed by atoms with van der Waals surface area (Å²) in [7, 11) is 0. The minimum absolute atomic E-state index is 0.146. The summed E-state index contributed by atoms with van der Waals surface area (Å²) in [6.45, 7) is 6.34. The van der Waals surface area contributed by atoms with Crippen molar-refractivity contribution in [2.24, 2.45) is 0 Å². The average Bonchev–Trinajstić information content (AvgIpc) is 3.14. The van der Waals surface area contributed by atoms with E-state index in [2.05, 4.69) is 15.1 Å². The number of nitrogens with zero attached hydrogens (tertiary/aromatic N) is 2. The van der Waals surface area contributed by atoms with E-state index in [-0.39, 0.29) is 25.7 Å². The highest BCUT2D eigenvalue weighted by Crippen LogP contribution is 2.36. The Kier molecular flexibility index (Phi) is 7.76. The van der Waals surface area contributed by atoms with E-state index in [1.165, 1.54) is 11.3 Å². The van der Waals surface area contributed by atoms with Crippen molar-refractivity contribution in [2.45, 2.75) is 6.92 Å². The molecule has 1 aliphatic heterocycles. The molecule has 1 aromatic heterocycles. The van der Waals surface area contributed by atoms with E-state index in [9.17, 15) is 9.59 Å². The molecule has 1 aliphatic rings. The molecule has 0 unspecified atom stereocenters. The fourth-order valence-corrected chi connectivity index (χ4v) is 4.34. The first-order chi connectivity index (χ1) is 14.1. The summed E-state index contributed by atoms with van der Waals surface area (Å²) in [5, 5.41) is 14.3. The molecule has 2 aromatic rings. The second-order valence-corrected chi connectivity index (χ2v) is 7.71. The molecule has 1 saturated heterocycles. The highest BCUT2D eigenvalue weighted by atomic mass is 32.1. The van der Waals surface area contributed by atoms with Gasteiger partial charge in [0.1, 0.15) is 10.6 Å². The summed E-state index contributed by atoms with van der Waals surface area (Å²) in [6, 6.07) is 9.61. The maximum atomic E-state index is 12.6. The van der Waals surface area contributed by atoms with Gasteiger partial charge in [-0.2, -0.15) is 0 Å². The number of anilines is 1. The van der Waals surface area contributed by atoms with Gasteiger partial charge in [-0.25, -0.2) is 4.79 Å². The van der Waals surface area contributed by atoms with Crippen molar-refractivity contribution in [2.75, 3.05) is 57.8 Å². The van der Waals surface area contributed by atoms with Crippen LogP contribution < -0.4 is 5.32 Å². The third-order valence-corrected chi connectivity index (χ3v) is 5.75. The van der Waals surface area contributed by atoms with Gasteiger partial charge in [-0.1, -0.05) is 30.3 Å². The normalized spacial score (nSPS) is 15.2. The molecule has 0 saturated carbocycles. The van der Waals surface area contributed by atoms with Crippen LogP contribution in [0.1, 0.15) is 17.3 Å². The van der Waals surface area contributed by atoms with Crippen LogP contribution in [0.2, 0.25) is 0 Å². The first-order valence-electron chi connectivity index (χ1n) is 9.81. The lowest BCUT2D eigenvalue weighted by Crippen LogP contribution is -2.49.